The molecule has 3 aromatic rings. The number of benzene rings is 3. The maximum Gasteiger partial charge on any atom is 0.119 e. The highest BCUT2D eigenvalue weighted by Crippen LogP contribution is 2.54. The van der Waals surface area contributed by atoms with Crippen LogP contribution >= 0.6 is 0 Å². The van der Waals surface area contributed by atoms with Gasteiger partial charge in [0.15, 0.2) is 0 Å². The highest BCUT2D eigenvalue weighted by molar-refractivity contribution is 5.58. The number of hydrogen-bond donors (Lipinski definition) is 0. The average Bonchev–Trinajstić information content (AvgIpc) is 3.77. The molecular formula is C28H28O4. The monoisotopic (exact) mass is 428 g/mol. The minimum Gasteiger partial charge on any atom is -0.491 e. The molecule has 0 N–H and O–H groups in total. The van der Waals surface area contributed by atoms with Crippen LogP contribution in [0.5, 0.6) is 11.5 Å². The minimum atomic E-state index is -0.188. The Morgan fingerprint density at radius 1 is 0.750 bits per heavy atom. The van der Waals surface area contributed by atoms with Gasteiger partial charge in [0.05, 0.1) is 13.2 Å². The van der Waals surface area contributed by atoms with Crippen molar-refractivity contribution in [1.82, 2.24) is 0 Å². The summed E-state index contributed by atoms with van der Waals surface area (Å²) >= 11 is 0. The van der Waals surface area contributed by atoms with Crippen LogP contribution in [-0.4, -0.2) is 38.6 Å². The summed E-state index contributed by atoms with van der Waals surface area (Å²) in [6, 6.07) is 26.2. The Morgan fingerprint density at radius 3 is 1.75 bits per heavy atom. The van der Waals surface area contributed by atoms with Gasteiger partial charge < -0.3 is 18.9 Å². The molecule has 0 bridgehead atoms. The summed E-state index contributed by atoms with van der Waals surface area (Å²) in [4.78, 5) is 0. The van der Waals surface area contributed by atoms with Crippen LogP contribution in [0.15, 0.2) is 72.8 Å². The van der Waals surface area contributed by atoms with E-state index in [-0.39, 0.29) is 17.6 Å². The Labute approximate surface area is 189 Å². The van der Waals surface area contributed by atoms with Crippen molar-refractivity contribution in [2.75, 3.05) is 26.4 Å². The van der Waals surface area contributed by atoms with E-state index in [4.69, 9.17) is 18.9 Å². The summed E-state index contributed by atoms with van der Waals surface area (Å²) in [6.45, 7) is 5.20. The van der Waals surface area contributed by atoms with E-state index < -0.39 is 0 Å². The first-order valence-corrected chi connectivity index (χ1v) is 11.5. The second-order valence-corrected chi connectivity index (χ2v) is 9.18. The van der Waals surface area contributed by atoms with Crippen LogP contribution in [0.1, 0.15) is 41.5 Å². The molecule has 4 nitrogen and oxygen atoms in total. The quantitative estimate of drug-likeness (QED) is 0.469. The molecule has 6 rings (SSSR count). The lowest BCUT2D eigenvalue weighted by molar-refractivity contribution is 0.263. The van der Waals surface area contributed by atoms with Gasteiger partial charge in [0.1, 0.15) is 36.9 Å². The smallest absolute Gasteiger partial charge is 0.119 e. The van der Waals surface area contributed by atoms with Gasteiger partial charge in [-0.2, -0.15) is 0 Å². The van der Waals surface area contributed by atoms with Crippen molar-refractivity contribution in [3.05, 3.63) is 95.1 Å². The zero-order chi connectivity index (χ0) is 21.5. The molecule has 2 heterocycles. The molecule has 0 spiro atoms. The Bertz CT molecular complexity index is 1020. The van der Waals surface area contributed by atoms with Crippen LogP contribution in [0.25, 0.3) is 0 Å². The van der Waals surface area contributed by atoms with Gasteiger partial charge in [-0.25, -0.2) is 0 Å². The van der Waals surface area contributed by atoms with Gasteiger partial charge in [-0.1, -0.05) is 55.5 Å². The molecule has 0 radical (unpaired) electrons. The van der Waals surface area contributed by atoms with Crippen molar-refractivity contribution in [3.63, 3.8) is 0 Å². The Balaban J connectivity index is 1.36. The van der Waals surface area contributed by atoms with Crippen LogP contribution < -0.4 is 9.47 Å². The summed E-state index contributed by atoms with van der Waals surface area (Å²) in [6.07, 6.45) is 1.56. The topological polar surface area (TPSA) is 43.5 Å². The van der Waals surface area contributed by atoms with E-state index >= 15 is 0 Å². The van der Waals surface area contributed by atoms with E-state index in [2.05, 4.69) is 79.7 Å². The van der Waals surface area contributed by atoms with E-state index in [1.807, 2.05) is 0 Å². The van der Waals surface area contributed by atoms with Gasteiger partial charge in [-0.3, -0.25) is 0 Å². The molecule has 0 saturated carbocycles. The van der Waals surface area contributed by atoms with Crippen molar-refractivity contribution in [2.45, 2.75) is 36.9 Å². The van der Waals surface area contributed by atoms with Crippen molar-refractivity contribution in [3.8, 4) is 11.5 Å². The third kappa shape index (κ3) is 3.68. The predicted octanol–water partition coefficient (Wildman–Crippen LogP) is 5.08. The van der Waals surface area contributed by atoms with Gasteiger partial charge in [0.25, 0.3) is 0 Å². The number of fused-ring (bicyclic) bond motifs is 1. The first kappa shape index (κ1) is 19.8. The molecule has 3 unspecified atom stereocenters. The molecule has 3 aromatic carbocycles. The molecule has 3 aliphatic rings. The molecule has 4 heteroatoms. The lowest BCUT2D eigenvalue weighted by atomic mass is 9.70. The van der Waals surface area contributed by atoms with Gasteiger partial charge in [0.2, 0.25) is 0 Å². The molecule has 164 valence electrons. The molecular weight excluding hydrogens is 400 g/mol. The predicted molar refractivity (Wildman–Crippen MR) is 123 cm³/mol. The third-order valence-corrected chi connectivity index (χ3v) is 6.93. The zero-order valence-electron chi connectivity index (χ0n) is 18.3. The molecule has 0 aromatic heterocycles. The van der Waals surface area contributed by atoms with Crippen molar-refractivity contribution < 1.29 is 18.9 Å². The van der Waals surface area contributed by atoms with Gasteiger partial charge in [0, 0.05) is 5.41 Å². The fourth-order valence-corrected chi connectivity index (χ4v) is 5.09. The van der Waals surface area contributed by atoms with Crippen LogP contribution in [0.2, 0.25) is 0 Å². The number of ether oxygens (including phenoxy) is 4. The standard InChI is InChI=1S/C28H28O4/c1-19-14-28(27-5-3-2-4-26(19)27,20-6-10-22(11-7-20)29-15-24-17-31-24)21-8-12-23(13-9-21)30-16-25-18-32-25/h2-13,19,24-25H,14-18H2,1H3. The molecule has 2 fully saturated rings. The van der Waals surface area contributed by atoms with Gasteiger partial charge >= 0.3 is 0 Å². The average molecular weight is 429 g/mol. The molecule has 0 amide bonds. The van der Waals surface area contributed by atoms with Crippen molar-refractivity contribution >= 4 is 0 Å². The SMILES string of the molecule is CC1CC(c2ccc(OCC3CO3)cc2)(c2ccc(OCC3CO3)cc2)c2ccccc21. The van der Waals surface area contributed by atoms with Crippen molar-refractivity contribution in [2.24, 2.45) is 0 Å². The third-order valence-electron chi connectivity index (χ3n) is 6.93. The molecule has 3 atom stereocenters. The second-order valence-electron chi connectivity index (χ2n) is 9.18. The Morgan fingerprint density at radius 2 is 1.25 bits per heavy atom. The number of hydrogen-bond acceptors (Lipinski definition) is 4. The van der Waals surface area contributed by atoms with Crippen LogP contribution in [0, 0.1) is 0 Å². The second kappa shape index (κ2) is 7.95. The molecule has 32 heavy (non-hydrogen) atoms. The highest BCUT2D eigenvalue weighted by Gasteiger charge is 2.44. The highest BCUT2D eigenvalue weighted by atomic mass is 16.6. The number of rotatable bonds is 8. The van der Waals surface area contributed by atoms with Crippen molar-refractivity contribution in [1.29, 1.82) is 0 Å². The summed E-state index contributed by atoms with van der Waals surface area (Å²) in [7, 11) is 0. The molecule has 2 saturated heterocycles. The minimum absolute atomic E-state index is 0.188. The summed E-state index contributed by atoms with van der Waals surface area (Å²) in [5, 5.41) is 0. The lowest BCUT2D eigenvalue weighted by Gasteiger charge is -2.33. The van der Waals surface area contributed by atoms with E-state index in [0.717, 1.165) is 31.1 Å². The van der Waals surface area contributed by atoms with E-state index in [0.29, 0.717) is 19.1 Å². The first-order chi connectivity index (χ1) is 15.7. The fourth-order valence-electron chi connectivity index (χ4n) is 5.09. The van der Waals surface area contributed by atoms with E-state index in [1.165, 1.54) is 22.3 Å². The summed E-state index contributed by atoms with van der Waals surface area (Å²) in [5.41, 5.74) is 5.23. The zero-order valence-corrected chi connectivity index (χ0v) is 18.3. The lowest BCUT2D eigenvalue weighted by Crippen LogP contribution is -2.26. The van der Waals surface area contributed by atoms with E-state index in [1.54, 1.807) is 0 Å². The maximum atomic E-state index is 5.89. The van der Waals surface area contributed by atoms with Crippen LogP contribution in [0.3, 0.4) is 0 Å². The van der Waals surface area contributed by atoms with Crippen LogP contribution in [-0.2, 0) is 14.9 Å². The first-order valence-electron chi connectivity index (χ1n) is 11.5. The van der Waals surface area contributed by atoms with Gasteiger partial charge in [-0.05, 0) is 58.9 Å². The maximum absolute atomic E-state index is 5.89. The fraction of sp³-hybridized carbons (Fsp3) is 0.357. The Kier molecular flexibility index (Phi) is 4.93. The van der Waals surface area contributed by atoms with Crippen LogP contribution in [0.4, 0.5) is 0 Å². The summed E-state index contributed by atoms with van der Waals surface area (Å²) in [5.74, 6) is 2.27. The molecule has 2 aliphatic heterocycles. The molecule has 1 aliphatic carbocycles. The Hall–Kier alpha value is -2.82. The number of epoxide rings is 2. The van der Waals surface area contributed by atoms with E-state index in [9.17, 15) is 0 Å². The largest absolute Gasteiger partial charge is 0.491 e. The summed E-state index contributed by atoms with van der Waals surface area (Å²) < 4.78 is 22.3. The van der Waals surface area contributed by atoms with Gasteiger partial charge in [-0.15, -0.1) is 0 Å². The normalized spacial score (nSPS) is 27.6.